The van der Waals surface area contributed by atoms with Crippen molar-refractivity contribution in [3.05, 3.63) is 106 Å². The van der Waals surface area contributed by atoms with Crippen LogP contribution >= 0.6 is 0 Å². The maximum absolute atomic E-state index is 15.8. The van der Waals surface area contributed by atoms with Gasteiger partial charge in [-0.3, -0.25) is 34.1 Å². The molecule has 3 aromatic carbocycles. The van der Waals surface area contributed by atoms with E-state index in [1.165, 1.54) is 11.6 Å². The standard InChI is InChI=1S/C58H82FN9O7/c1-33(60-10)50(69)64-48(57(4,5)6)55(74)67-30-38-21-13-12-20-37(38)28-47(67)54(73)66(35(3)41-23-16-17-25-44(41)59)31-39-27-43(39)52(71)62-40-29-46(53(72)63-45-26-18-22-36-19-14-15-24-42(36)45)68(32-40)56(75)49(58(7,8)9)65-51(70)34(2)61-11/h12-17,19-21,23-25,33-35,39-40,43,45-49,51,60-61,65,70H,18,22,26-32H2,1-11H3,(H,62,71)(H,63,72)(H,64,69)/t33-,34-,35+,39?,40-,43?,45+,46?,47?,48?,49+,51?/m0/s1. The number of halogens is 1. The molecule has 6 unspecified atom stereocenters. The van der Waals surface area contributed by atoms with Crippen molar-refractivity contribution in [1.29, 1.82) is 0 Å². The molecule has 6 amide bonds. The van der Waals surface area contributed by atoms with Gasteiger partial charge in [-0.1, -0.05) is 108 Å². The molecule has 4 aliphatic rings. The molecule has 12 atom stereocenters. The van der Waals surface area contributed by atoms with Crippen molar-refractivity contribution in [2.24, 2.45) is 22.7 Å². The van der Waals surface area contributed by atoms with Gasteiger partial charge in [0.25, 0.3) is 0 Å². The molecule has 75 heavy (non-hydrogen) atoms. The molecule has 1 saturated carbocycles. The molecule has 0 spiro atoms. The second-order valence-corrected chi connectivity index (χ2v) is 23.7. The highest BCUT2D eigenvalue weighted by molar-refractivity contribution is 5.95. The fourth-order valence-electron chi connectivity index (χ4n) is 11.1. The number of benzene rings is 3. The molecular formula is C58H82FN9O7. The topological polar surface area (TPSA) is 205 Å². The molecule has 7 N–H and O–H groups in total. The Morgan fingerprint density at radius 2 is 1.37 bits per heavy atom. The number of carbonyl (C=O) groups is 6. The minimum absolute atomic E-state index is 0.0546. The van der Waals surface area contributed by atoms with Crippen LogP contribution in [0.5, 0.6) is 0 Å². The average Bonchev–Trinajstić information content (AvgIpc) is 4.04. The van der Waals surface area contributed by atoms with Gasteiger partial charge in [-0.15, -0.1) is 0 Å². The van der Waals surface area contributed by atoms with E-state index in [-0.39, 0.29) is 79.7 Å². The zero-order valence-corrected chi connectivity index (χ0v) is 45.8. The number of nitrogens with zero attached hydrogens (tertiary/aromatic N) is 3. The number of nitrogens with one attached hydrogen (secondary N) is 6. The first-order valence-corrected chi connectivity index (χ1v) is 26.9. The first-order valence-electron chi connectivity index (χ1n) is 26.9. The Morgan fingerprint density at radius 3 is 2.03 bits per heavy atom. The largest absolute Gasteiger partial charge is 0.377 e. The molecule has 17 heteroatoms. The first-order chi connectivity index (χ1) is 35.4. The zero-order chi connectivity index (χ0) is 54.7. The second kappa shape index (κ2) is 23.6. The van der Waals surface area contributed by atoms with Crippen LogP contribution in [0.15, 0.2) is 72.8 Å². The highest BCUT2D eigenvalue weighted by atomic mass is 19.1. The predicted molar refractivity (Wildman–Crippen MR) is 286 cm³/mol. The maximum Gasteiger partial charge on any atom is 0.246 e. The highest BCUT2D eigenvalue weighted by Gasteiger charge is 2.51. The Kier molecular flexibility index (Phi) is 18.0. The van der Waals surface area contributed by atoms with Crippen molar-refractivity contribution in [2.75, 3.05) is 27.2 Å². The van der Waals surface area contributed by atoms with Gasteiger partial charge < -0.3 is 46.4 Å². The summed E-state index contributed by atoms with van der Waals surface area (Å²) in [5, 5.41) is 29.6. The normalized spacial score (nSPS) is 23.8. The van der Waals surface area contributed by atoms with E-state index in [0.29, 0.717) is 6.42 Å². The zero-order valence-electron chi connectivity index (χ0n) is 45.8. The predicted octanol–water partition coefficient (Wildman–Crippen LogP) is 4.65. The van der Waals surface area contributed by atoms with Crippen LogP contribution in [-0.4, -0.2) is 131 Å². The first kappa shape index (κ1) is 57.0. The Morgan fingerprint density at radius 1 is 0.747 bits per heavy atom. The number of fused-ring (bicyclic) bond motifs is 2. The summed E-state index contributed by atoms with van der Waals surface area (Å²) in [4.78, 5) is 92.3. The summed E-state index contributed by atoms with van der Waals surface area (Å²) in [5.74, 6) is -3.51. The number of rotatable bonds is 18. The van der Waals surface area contributed by atoms with Crippen LogP contribution in [0.1, 0.15) is 128 Å². The number of likely N-dealkylation sites (N-methyl/N-ethyl adjacent to an activating group) is 2. The monoisotopic (exact) mass is 1040 g/mol. The van der Waals surface area contributed by atoms with Crippen molar-refractivity contribution in [3.63, 3.8) is 0 Å². The van der Waals surface area contributed by atoms with Crippen LogP contribution < -0.4 is 31.9 Å². The molecular weight excluding hydrogens is 954 g/mol. The summed E-state index contributed by atoms with van der Waals surface area (Å²) in [5.41, 5.74) is 2.87. The molecule has 408 valence electrons. The number of aryl methyl sites for hydroxylation is 1. The molecule has 0 aromatic heterocycles. The molecule has 1 saturated heterocycles. The van der Waals surface area contributed by atoms with E-state index in [9.17, 15) is 29.1 Å². The van der Waals surface area contributed by atoms with Crippen molar-refractivity contribution < 1.29 is 38.3 Å². The lowest BCUT2D eigenvalue weighted by Crippen LogP contribution is -2.62. The molecule has 2 aliphatic carbocycles. The van der Waals surface area contributed by atoms with Gasteiger partial charge >= 0.3 is 0 Å². The van der Waals surface area contributed by atoms with E-state index in [1.54, 1.807) is 67.8 Å². The van der Waals surface area contributed by atoms with Crippen LogP contribution in [0.3, 0.4) is 0 Å². The quantitative estimate of drug-likeness (QED) is 0.0880. The molecule has 0 bridgehead atoms. The molecule has 3 aromatic rings. The lowest BCUT2D eigenvalue weighted by molar-refractivity contribution is -0.152. The SMILES string of the molecule is CN[C@@H](C)C(=O)NC(C(=O)N1Cc2ccccc2CC1C(=O)N(CC1CC1C(=O)N[C@H]1CC(C(=O)N[C@@H]2CCCc3ccccc32)N(C(=O)[C@@H](NC(O)[C@H](C)NC)C(C)(C)C)C1)[C@H](C)c1ccccc1F)C(C)(C)C. The minimum atomic E-state index is -1.08. The van der Waals surface area contributed by atoms with E-state index in [2.05, 4.69) is 38.0 Å². The number of amides is 6. The van der Waals surface area contributed by atoms with Crippen LogP contribution in [0, 0.1) is 28.5 Å². The summed E-state index contributed by atoms with van der Waals surface area (Å²) in [6, 6.07) is 15.6. The van der Waals surface area contributed by atoms with Crippen molar-refractivity contribution in [3.8, 4) is 0 Å². The van der Waals surface area contributed by atoms with E-state index in [4.69, 9.17) is 0 Å². The van der Waals surface area contributed by atoms with Crippen LogP contribution in [-0.2, 0) is 48.2 Å². The molecule has 0 radical (unpaired) electrons. The molecule has 2 fully saturated rings. The second-order valence-electron chi connectivity index (χ2n) is 23.7. The number of hydrogen-bond donors (Lipinski definition) is 7. The van der Waals surface area contributed by atoms with Gasteiger partial charge in [0.05, 0.1) is 24.2 Å². The number of carbonyl (C=O) groups excluding carboxylic acids is 6. The summed E-state index contributed by atoms with van der Waals surface area (Å²) >= 11 is 0. The lowest BCUT2D eigenvalue weighted by atomic mass is 9.84. The minimum Gasteiger partial charge on any atom is -0.377 e. The molecule has 7 rings (SSSR count). The Labute approximate surface area is 443 Å². The number of hydrogen-bond acceptors (Lipinski definition) is 10. The van der Waals surface area contributed by atoms with Gasteiger partial charge in [0, 0.05) is 49.6 Å². The van der Waals surface area contributed by atoms with Gasteiger partial charge in [0.1, 0.15) is 30.2 Å². The van der Waals surface area contributed by atoms with Gasteiger partial charge in [-0.25, -0.2) is 4.39 Å². The number of aliphatic hydroxyl groups is 1. The van der Waals surface area contributed by atoms with Gasteiger partial charge in [0.15, 0.2) is 0 Å². The smallest absolute Gasteiger partial charge is 0.246 e. The third kappa shape index (κ3) is 13.1. The van der Waals surface area contributed by atoms with Gasteiger partial charge in [0.2, 0.25) is 35.4 Å². The van der Waals surface area contributed by atoms with Crippen LogP contribution in [0.25, 0.3) is 0 Å². The highest BCUT2D eigenvalue weighted by Crippen LogP contribution is 2.42. The summed E-state index contributed by atoms with van der Waals surface area (Å²) < 4.78 is 15.8. The molecule has 16 nitrogen and oxygen atoms in total. The van der Waals surface area contributed by atoms with Crippen LogP contribution in [0.4, 0.5) is 4.39 Å². The van der Waals surface area contributed by atoms with Crippen molar-refractivity contribution in [2.45, 2.75) is 168 Å². The average molecular weight is 1040 g/mol. The third-order valence-corrected chi connectivity index (χ3v) is 16.1. The van der Waals surface area contributed by atoms with Gasteiger partial charge in [-0.2, -0.15) is 0 Å². The summed E-state index contributed by atoms with van der Waals surface area (Å²) in [6.07, 6.45) is 2.25. The summed E-state index contributed by atoms with van der Waals surface area (Å²) in [7, 11) is 3.38. The molecule has 2 heterocycles. The van der Waals surface area contributed by atoms with E-state index >= 15 is 9.18 Å². The lowest BCUT2D eigenvalue weighted by Gasteiger charge is -2.43. The fraction of sp³-hybridized carbons (Fsp3) is 0.586. The number of likely N-dealkylation sites (tertiary alicyclic amines) is 1. The Hall–Kier alpha value is -5.75. The fourth-order valence-corrected chi connectivity index (χ4v) is 11.1. The van der Waals surface area contributed by atoms with E-state index in [1.807, 2.05) is 84.0 Å². The number of aliphatic hydroxyl groups excluding tert-OH is 1. The third-order valence-electron chi connectivity index (χ3n) is 16.1. The summed E-state index contributed by atoms with van der Waals surface area (Å²) in [6.45, 7) is 16.8. The van der Waals surface area contributed by atoms with Crippen LogP contribution in [0.2, 0.25) is 0 Å². The van der Waals surface area contributed by atoms with Crippen molar-refractivity contribution >= 4 is 35.4 Å². The Balaban J connectivity index is 1.14. The van der Waals surface area contributed by atoms with Gasteiger partial charge in [-0.05, 0) is 112 Å². The Bertz CT molecular complexity index is 2560. The van der Waals surface area contributed by atoms with E-state index < -0.39 is 82.9 Å². The van der Waals surface area contributed by atoms with Crippen molar-refractivity contribution in [1.82, 2.24) is 46.6 Å². The van der Waals surface area contributed by atoms with E-state index in [0.717, 1.165) is 36.0 Å². The molecule has 2 aliphatic heterocycles. The maximum atomic E-state index is 15.8.